The third-order valence-corrected chi connectivity index (χ3v) is 2.47. The van der Waals surface area contributed by atoms with E-state index in [0.29, 0.717) is 19.3 Å². The van der Waals surface area contributed by atoms with Gasteiger partial charge < -0.3 is 26.7 Å². The molecule has 0 aromatic heterocycles. The van der Waals surface area contributed by atoms with Gasteiger partial charge in [0, 0.05) is 6.42 Å². The quantitative estimate of drug-likeness (QED) is 0.293. The van der Waals surface area contributed by atoms with Crippen LogP contribution in [0.25, 0.3) is 0 Å². The lowest BCUT2D eigenvalue weighted by Gasteiger charge is -2.16. The first-order valence-corrected chi connectivity index (χ1v) is 5.94. The predicted octanol–water partition coefficient (Wildman–Crippen LogP) is -1.01. The van der Waals surface area contributed by atoms with Crippen molar-refractivity contribution in [2.75, 3.05) is 6.54 Å². The number of carboxylic acids is 1. The molecule has 7 heteroatoms. The lowest BCUT2D eigenvalue weighted by atomic mass is 10.1. The van der Waals surface area contributed by atoms with Gasteiger partial charge in [0.05, 0.1) is 12.1 Å². The van der Waals surface area contributed by atoms with E-state index in [1.54, 1.807) is 0 Å². The van der Waals surface area contributed by atoms with Crippen molar-refractivity contribution in [1.29, 1.82) is 0 Å². The smallest absolute Gasteiger partial charge is 0.303 e. The van der Waals surface area contributed by atoms with Crippen LogP contribution < -0.4 is 16.8 Å². The molecule has 6 N–H and O–H groups in total. The van der Waals surface area contributed by atoms with Gasteiger partial charge in [0.1, 0.15) is 6.29 Å². The minimum atomic E-state index is -1.01. The summed E-state index contributed by atoms with van der Waals surface area (Å²) in [6.07, 6.45) is 2.56. The zero-order valence-electron chi connectivity index (χ0n) is 10.3. The SMILES string of the molecule is NCCCC[C@@H](C=O)NC(=O)[C@H](N)CCC(=O)O. The van der Waals surface area contributed by atoms with Crippen molar-refractivity contribution in [3.63, 3.8) is 0 Å². The molecule has 7 nitrogen and oxygen atoms in total. The highest BCUT2D eigenvalue weighted by molar-refractivity contribution is 5.84. The highest BCUT2D eigenvalue weighted by atomic mass is 16.4. The minimum absolute atomic E-state index is 0.0511. The topological polar surface area (TPSA) is 136 Å². The Morgan fingerprint density at radius 3 is 2.44 bits per heavy atom. The third kappa shape index (κ3) is 7.75. The number of hydrogen-bond acceptors (Lipinski definition) is 5. The molecule has 0 rings (SSSR count). The molecule has 0 bridgehead atoms. The molecule has 0 aliphatic carbocycles. The zero-order valence-corrected chi connectivity index (χ0v) is 10.3. The average molecular weight is 259 g/mol. The van der Waals surface area contributed by atoms with Crippen molar-refractivity contribution in [3.8, 4) is 0 Å². The molecule has 0 aliphatic rings. The molecule has 0 aromatic carbocycles. The summed E-state index contributed by atoms with van der Waals surface area (Å²) >= 11 is 0. The van der Waals surface area contributed by atoms with Crippen LogP contribution in [0.3, 0.4) is 0 Å². The maximum atomic E-state index is 11.5. The molecule has 0 aromatic rings. The third-order valence-electron chi connectivity index (χ3n) is 2.47. The number of carbonyl (C=O) groups excluding carboxylic acids is 2. The minimum Gasteiger partial charge on any atom is -0.481 e. The number of nitrogens with one attached hydrogen (secondary N) is 1. The average Bonchev–Trinajstić information content (AvgIpc) is 2.34. The van der Waals surface area contributed by atoms with Crippen molar-refractivity contribution in [1.82, 2.24) is 5.32 Å². The summed E-state index contributed by atoms with van der Waals surface area (Å²) < 4.78 is 0. The van der Waals surface area contributed by atoms with E-state index in [2.05, 4.69) is 5.32 Å². The second kappa shape index (κ2) is 9.55. The molecule has 0 heterocycles. The largest absolute Gasteiger partial charge is 0.481 e. The summed E-state index contributed by atoms with van der Waals surface area (Å²) in [6.45, 7) is 0.539. The Labute approximate surface area is 106 Å². The van der Waals surface area contributed by atoms with Crippen LogP contribution >= 0.6 is 0 Å². The fraction of sp³-hybridized carbons (Fsp3) is 0.727. The van der Waals surface area contributed by atoms with Crippen molar-refractivity contribution in [2.45, 2.75) is 44.2 Å². The lowest BCUT2D eigenvalue weighted by Crippen LogP contribution is -2.46. The van der Waals surface area contributed by atoms with Gasteiger partial charge in [-0.05, 0) is 32.2 Å². The summed E-state index contributed by atoms with van der Waals surface area (Å²) in [5, 5.41) is 10.9. The van der Waals surface area contributed by atoms with Gasteiger partial charge in [-0.2, -0.15) is 0 Å². The molecular weight excluding hydrogens is 238 g/mol. The Balaban J connectivity index is 4.00. The molecule has 0 unspecified atom stereocenters. The molecule has 18 heavy (non-hydrogen) atoms. The highest BCUT2D eigenvalue weighted by Crippen LogP contribution is 2.00. The molecule has 0 fully saturated rings. The van der Waals surface area contributed by atoms with Gasteiger partial charge in [-0.25, -0.2) is 0 Å². The predicted molar refractivity (Wildman–Crippen MR) is 65.7 cm³/mol. The van der Waals surface area contributed by atoms with Gasteiger partial charge in [-0.1, -0.05) is 0 Å². The van der Waals surface area contributed by atoms with E-state index >= 15 is 0 Å². The van der Waals surface area contributed by atoms with Crippen LogP contribution in [0.15, 0.2) is 0 Å². The standard InChI is InChI=1S/C11H21N3O4/c12-6-2-1-3-8(7-15)14-11(18)9(13)4-5-10(16)17/h7-9H,1-6,12-13H2,(H,14,18)(H,16,17)/t8-,9+/m0/s1. The van der Waals surface area contributed by atoms with E-state index in [1.807, 2.05) is 0 Å². The number of carbonyl (C=O) groups is 3. The van der Waals surface area contributed by atoms with Crippen LogP contribution in [0, 0.1) is 0 Å². The van der Waals surface area contributed by atoms with Gasteiger partial charge in [0.25, 0.3) is 0 Å². The van der Waals surface area contributed by atoms with Crippen LogP contribution in [0.2, 0.25) is 0 Å². The Morgan fingerprint density at radius 1 is 1.28 bits per heavy atom. The molecule has 0 saturated heterocycles. The van der Waals surface area contributed by atoms with Crippen LogP contribution in [0.5, 0.6) is 0 Å². The van der Waals surface area contributed by atoms with Gasteiger partial charge in [-0.15, -0.1) is 0 Å². The Bertz CT molecular complexity index is 283. The maximum absolute atomic E-state index is 11.5. The zero-order chi connectivity index (χ0) is 14.0. The number of aliphatic carboxylic acids is 1. The Hall–Kier alpha value is -1.47. The maximum Gasteiger partial charge on any atom is 0.303 e. The van der Waals surface area contributed by atoms with Gasteiger partial charge in [0.15, 0.2) is 0 Å². The van der Waals surface area contributed by atoms with Crippen molar-refractivity contribution >= 4 is 18.2 Å². The molecule has 104 valence electrons. The summed E-state index contributed by atoms with van der Waals surface area (Å²) in [4.78, 5) is 32.6. The first kappa shape index (κ1) is 16.5. The molecule has 0 radical (unpaired) electrons. The van der Waals surface area contributed by atoms with Crippen molar-refractivity contribution < 1.29 is 19.5 Å². The molecule has 1 amide bonds. The first-order valence-electron chi connectivity index (χ1n) is 5.94. The highest BCUT2D eigenvalue weighted by Gasteiger charge is 2.18. The number of aldehydes is 1. The van der Waals surface area contributed by atoms with Crippen molar-refractivity contribution in [3.05, 3.63) is 0 Å². The number of hydrogen-bond donors (Lipinski definition) is 4. The molecule has 0 aliphatic heterocycles. The summed E-state index contributed by atoms with van der Waals surface area (Å²) in [6, 6.07) is -1.49. The molecule has 0 saturated carbocycles. The Morgan fingerprint density at radius 2 is 1.94 bits per heavy atom. The second-order valence-corrected chi connectivity index (χ2v) is 4.07. The van der Waals surface area contributed by atoms with Crippen LogP contribution in [0.4, 0.5) is 0 Å². The fourth-order valence-electron chi connectivity index (χ4n) is 1.38. The van der Waals surface area contributed by atoms with Crippen LogP contribution in [-0.2, 0) is 14.4 Å². The monoisotopic (exact) mass is 259 g/mol. The van der Waals surface area contributed by atoms with E-state index in [9.17, 15) is 14.4 Å². The number of carboxylic acid groups (broad SMARTS) is 1. The molecule has 2 atom stereocenters. The number of amides is 1. The van der Waals surface area contributed by atoms with E-state index in [0.717, 1.165) is 12.8 Å². The Kier molecular flexibility index (Phi) is 8.77. The van der Waals surface area contributed by atoms with Gasteiger partial charge in [0.2, 0.25) is 5.91 Å². The van der Waals surface area contributed by atoms with E-state index in [-0.39, 0.29) is 12.8 Å². The lowest BCUT2D eigenvalue weighted by molar-refractivity contribution is -0.137. The number of rotatable bonds is 10. The number of nitrogens with two attached hydrogens (primary N) is 2. The molecular formula is C11H21N3O4. The summed E-state index contributed by atoms with van der Waals surface area (Å²) in [7, 11) is 0. The normalized spacial score (nSPS) is 13.7. The second-order valence-electron chi connectivity index (χ2n) is 4.07. The summed E-state index contributed by atoms with van der Waals surface area (Å²) in [5.41, 5.74) is 10.8. The van der Waals surface area contributed by atoms with Crippen LogP contribution in [-0.4, -0.2) is 41.9 Å². The number of unbranched alkanes of at least 4 members (excludes halogenated alkanes) is 1. The first-order chi connectivity index (χ1) is 8.51. The van der Waals surface area contributed by atoms with E-state index < -0.39 is 24.0 Å². The van der Waals surface area contributed by atoms with Gasteiger partial charge >= 0.3 is 5.97 Å². The fourth-order valence-corrected chi connectivity index (χ4v) is 1.38. The van der Waals surface area contributed by atoms with E-state index in [1.165, 1.54) is 0 Å². The molecule has 0 spiro atoms. The van der Waals surface area contributed by atoms with Gasteiger partial charge in [-0.3, -0.25) is 9.59 Å². The van der Waals surface area contributed by atoms with E-state index in [4.69, 9.17) is 16.6 Å². The van der Waals surface area contributed by atoms with Crippen molar-refractivity contribution in [2.24, 2.45) is 11.5 Å². The van der Waals surface area contributed by atoms with Crippen LogP contribution in [0.1, 0.15) is 32.1 Å². The summed E-state index contributed by atoms with van der Waals surface area (Å²) in [5.74, 6) is -1.51.